The molecule has 0 radical (unpaired) electrons. The first-order valence-electron chi connectivity index (χ1n) is 10.8. The number of hydrogen-bond acceptors (Lipinski definition) is 7. The van der Waals surface area contributed by atoms with E-state index in [9.17, 15) is 9.59 Å². The van der Waals surface area contributed by atoms with Gasteiger partial charge in [0, 0.05) is 49.5 Å². The zero-order chi connectivity index (χ0) is 24.4. The highest BCUT2D eigenvalue weighted by Gasteiger charge is 2.30. The zero-order valence-electron chi connectivity index (χ0n) is 19.4. The van der Waals surface area contributed by atoms with Crippen LogP contribution in [-0.2, 0) is 16.5 Å². The van der Waals surface area contributed by atoms with Gasteiger partial charge in [-0.25, -0.2) is 14.8 Å². The number of halogens is 1. The van der Waals surface area contributed by atoms with Crippen LogP contribution in [0.5, 0.6) is 0 Å². The quantitative estimate of drug-likeness (QED) is 0.259. The molecule has 0 N–H and O–H groups in total. The lowest BCUT2D eigenvalue weighted by molar-refractivity contribution is 0.101. The third-order valence-electron chi connectivity index (χ3n) is 5.51. The van der Waals surface area contributed by atoms with E-state index in [4.69, 9.17) is 25.5 Å². The average molecular weight is 485 g/mol. The van der Waals surface area contributed by atoms with E-state index in [1.54, 1.807) is 38.3 Å². The fourth-order valence-electron chi connectivity index (χ4n) is 3.79. The van der Waals surface area contributed by atoms with Crippen LogP contribution < -0.4 is 4.90 Å². The Morgan fingerprint density at radius 1 is 1.26 bits per heavy atom. The van der Waals surface area contributed by atoms with E-state index in [-0.39, 0.29) is 24.5 Å². The predicted octanol–water partition coefficient (Wildman–Crippen LogP) is 4.91. The fourth-order valence-corrected chi connectivity index (χ4v) is 3.96. The van der Waals surface area contributed by atoms with Gasteiger partial charge in [0.15, 0.2) is 11.4 Å². The maximum atomic E-state index is 13.7. The van der Waals surface area contributed by atoms with Gasteiger partial charge in [-0.2, -0.15) is 0 Å². The summed E-state index contributed by atoms with van der Waals surface area (Å²) in [5, 5.41) is 0.977. The number of ether oxygens (including phenoxy) is 2. The van der Waals surface area contributed by atoms with Gasteiger partial charge in [0.25, 0.3) is 0 Å². The highest BCUT2D eigenvalue weighted by atomic mass is 35.5. The number of hydrogen-bond donors (Lipinski definition) is 0. The SMILES string of the molecule is CCOC(=O)N(CCCOC)c1c(C(=O)c2cnc3c(c2)nc(C)n3C)oc2ccc(Cl)cc12. The Kier molecular flexibility index (Phi) is 6.85. The Hall–Kier alpha value is -3.43. The minimum absolute atomic E-state index is 0.00320. The van der Waals surface area contributed by atoms with Crippen molar-refractivity contribution in [3.63, 3.8) is 0 Å². The van der Waals surface area contributed by atoms with Crippen molar-refractivity contribution in [1.29, 1.82) is 0 Å². The van der Waals surface area contributed by atoms with Crippen LogP contribution in [0.25, 0.3) is 22.1 Å². The van der Waals surface area contributed by atoms with Crippen molar-refractivity contribution in [1.82, 2.24) is 14.5 Å². The van der Waals surface area contributed by atoms with Gasteiger partial charge in [0.2, 0.25) is 5.78 Å². The van der Waals surface area contributed by atoms with E-state index in [0.29, 0.717) is 45.9 Å². The number of imidazole rings is 1. The number of aryl methyl sites for hydroxylation is 2. The maximum absolute atomic E-state index is 13.7. The van der Waals surface area contributed by atoms with Crippen LogP contribution in [0.4, 0.5) is 10.5 Å². The molecule has 178 valence electrons. The van der Waals surface area contributed by atoms with Crippen LogP contribution in [0.3, 0.4) is 0 Å². The third kappa shape index (κ3) is 4.36. The highest BCUT2D eigenvalue weighted by Crippen LogP contribution is 2.37. The van der Waals surface area contributed by atoms with E-state index >= 15 is 0 Å². The standard InChI is InChI=1S/C24H25ClN4O5/c1-5-33-24(31)29(9-6-10-32-4)20-17-12-16(25)7-8-19(17)34-22(20)21(30)15-11-18-23(26-13-15)28(3)14(2)27-18/h7-8,11-13H,5-6,9-10H2,1-4H3. The van der Waals surface area contributed by atoms with E-state index < -0.39 is 11.9 Å². The molecule has 34 heavy (non-hydrogen) atoms. The van der Waals surface area contributed by atoms with Crippen molar-refractivity contribution in [2.24, 2.45) is 7.05 Å². The Labute approximate surface area is 201 Å². The van der Waals surface area contributed by atoms with Gasteiger partial charge < -0.3 is 18.5 Å². The summed E-state index contributed by atoms with van der Waals surface area (Å²) in [6.45, 7) is 4.44. The molecule has 4 aromatic rings. The summed E-state index contributed by atoms with van der Waals surface area (Å²) in [6, 6.07) is 6.66. The van der Waals surface area contributed by atoms with Crippen molar-refractivity contribution >= 4 is 51.3 Å². The molecule has 4 rings (SSSR count). The second kappa shape index (κ2) is 9.82. The molecule has 0 aliphatic heterocycles. The molecule has 0 atom stereocenters. The molecule has 0 aliphatic rings. The maximum Gasteiger partial charge on any atom is 0.414 e. The molecule has 0 saturated carbocycles. The van der Waals surface area contributed by atoms with Gasteiger partial charge in [0.1, 0.15) is 22.6 Å². The lowest BCUT2D eigenvalue weighted by atomic mass is 10.1. The predicted molar refractivity (Wildman–Crippen MR) is 129 cm³/mol. The number of methoxy groups -OCH3 is 1. The monoisotopic (exact) mass is 484 g/mol. The fraction of sp³-hybridized carbons (Fsp3) is 0.333. The number of benzene rings is 1. The number of aromatic nitrogens is 3. The highest BCUT2D eigenvalue weighted by molar-refractivity contribution is 6.31. The number of carbonyl (C=O) groups is 2. The van der Waals surface area contributed by atoms with Crippen LogP contribution in [0, 0.1) is 6.92 Å². The van der Waals surface area contributed by atoms with Crippen LogP contribution in [0.1, 0.15) is 35.3 Å². The Morgan fingerprint density at radius 3 is 2.79 bits per heavy atom. The molecular weight excluding hydrogens is 460 g/mol. The number of ketones is 1. The van der Waals surface area contributed by atoms with Crippen LogP contribution in [-0.4, -0.2) is 53.3 Å². The molecule has 1 aromatic carbocycles. The van der Waals surface area contributed by atoms with E-state index in [0.717, 1.165) is 5.82 Å². The first kappa shape index (κ1) is 23.7. The largest absolute Gasteiger partial charge is 0.450 e. The Bertz CT molecular complexity index is 1380. The van der Waals surface area contributed by atoms with Crippen LogP contribution in [0.15, 0.2) is 34.9 Å². The molecule has 0 spiro atoms. The lowest BCUT2D eigenvalue weighted by Crippen LogP contribution is -2.34. The summed E-state index contributed by atoms with van der Waals surface area (Å²) < 4.78 is 18.3. The van der Waals surface area contributed by atoms with Crippen LogP contribution >= 0.6 is 11.6 Å². The molecule has 0 aliphatic carbocycles. The number of furan rings is 1. The van der Waals surface area contributed by atoms with Crippen molar-refractivity contribution in [2.75, 3.05) is 31.8 Å². The minimum Gasteiger partial charge on any atom is -0.450 e. The molecule has 9 nitrogen and oxygen atoms in total. The van der Waals surface area contributed by atoms with E-state index in [2.05, 4.69) is 9.97 Å². The Balaban J connectivity index is 1.87. The second-order valence-corrected chi connectivity index (χ2v) is 8.17. The topological polar surface area (TPSA) is 99.7 Å². The van der Waals surface area contributed by atoms with E-state index in [1.165, 1.54) is 11.1 Å². The van der Waals surface area contributed by atoms with Gasteiger partial charge in [-0.1, -0.05) is 11.6 Å². The average Bonchev–Trinajstić information content (AvgIpc) is 3.32. The summed E-state index contributed by atoms with van der Waals surface area (Å²) in [5.74, 6) is 0.343. The molecule has 3 aromatic heterocycles. The van der Waals surface area contributed by atoms with E-state index in [1.807, 2.05) is 18.5 Å². The number of pyridine rings is 1. The van der Waals surface area contributed by atoms with Crippen molar-refractivity contribution in [3.8, 4) is 0 Å². The number of nitrogens with zero attached hydrogens (tertiary/aromatic N) is 4. The number of anilines is 1. The van der Waals surface area contributed by atoms with Gasteiger partial charge in [-0.05, 0) is 44.5 Å². The lowest BCUT2D eigenvalue weighted by Gasteiger charge is -2.22. The van der Waals surface area contributed by atoms with Gasteiger partial charge >= 0.3 is 6.09 Å². The number of amides is 1. The van der Waals surface area contributed by atoms with Gasteiger partial charge in [0.05, 0.1) is 6.61 Å². The molecule has 3 heterocycles. The number of fused-ring (bicyclic) bond motifs is 2. The molecule has 1 amide bonds. The Morgan fingerprint density at radius 2 is 2.06 bits per heavy atom. The minimum atomic E-state index is -0.593. The molecular formula is C24H25ClN4O5. The summed E-state index contributed by atoms with van der Waals surface area (Å²) in [4.78, 5) is 36.9. The van der Waals surface area contributed by atoms with Crippen molar-refractivity contribution in [2.45, 2.75) is 20.3 Å². The van der Waals surface area contributed by atoms with Crippen molar-refractivity contribution in [3.05, 3.63) is 52.6 Å². The molecule has 0 saturated heterocycles. The summed E-state index contributed by atoms with van der Waals surface area (Å²) in [7, 11) is 3.44. The zero-order valence-corrected chi connectivity index (χ0v) is 20.2. The normalized spacial score (nSPS) is 11.3. The summed E-state index contributed by atoms with van der Waals surface area (Å²) in [5.41, 5.74) is 2.27. The van der Waals surface area contributed by atoms with Crippen molar-refractivity contribution < 1.29 is 23.5 Å². The number of carbonyl (C=O) groups excluding carboxylic acids is 2. The molecule has 0 unspecified atom stereocenters. The van der Waals surface area contributed by atoms with Crippen LogP contribution in [0.2, 0.25) is 5.02 Å². The number of rotatable bonds is 8. The first-order valence-corrected chi connectivity index (χ1v) is 11.2. The third-order valence-corrected chi connectivity index (χ3v) is 5.75. The van der Waals surface area contributed by atoms with Gasteiger partial charge in [-0.3, -0.25) is 9.69 Å². The molecule has 10 heteroatoms. The molecule has 0 fully saturated rings. The first-order chi connectivity index (χ1) is 16.3. The summed E-state index contributed by atoms with van der Waals surface area (Å²) >= 11 is 6.25. The summed E-state index contributed by atoms with van der Waals surface area (Å²) in [6.07, 6.45) is 1.41. The smallest absolute Gasteiger partial charge is 0.414 e. The molecule has 0 bridgehead atoms. The van der Waals surface area contributed by atoms with Gasteiger partial charge in [-0.15, -0.1) is 0 Å². The second-order valence-electron chi connectivity index (χ2n) is 7.73.